The molecule has 0 unspecified atom stereocenters. The zero-order valence-corrected chi connectivity index (χ0v) is 7.72. The number of fused-ring (bicyclic) bond motifs is 2. The third-order valence-electron chi connectivity index (χ3n) is 3.10. The third-order valence-corrected chi connectivity index (χ3v) is 3.10. The second kappa shape index (κ2) is 2.73. The van der Waals surface area contributed by atoms with Crippen LogP contribution >= 0.6 is 0 Å². The molecule has 1 aromatic carbocycles. The van der Waals surface area contributed by atoms with Crippen molar-refractivity contribution in [3.63, 3.8) is 0 Å². The molecular weight excluding hydrogens is 156 g/mol. The second-order valence-corrected chi connectivity index (χ2v) is 3.98. The van der Waals surface area contributed by atoms with Gasteiger partial charge in [0.25, 0.3) is 0 Å². The molecule has 1 aromatic rings. The van der Waals surface area contributed by atoms with E-state index < -0.39 is 0 Å². The van der Waals surface area contributed by atoms with E-state index in [1.54, 1.807) is 11.1 Å². The highest BCUT2D eigenvalue weighted by Gasteiger charge is 2.13. The van der Waals surface area contributed by atoms with Crippen LogP contribution in [0.15, 0.2) is 18.2 Å². The Labute approximate surface area is 79.3 Å². The van der Waals surface area contributed by atoms with Gasteiger partial charge in [-0.15, -0.1) is 0 Å². The van der Waals surface area contributed by atoms with Crippen LogP contribution in [-0.2, 0) is 12.8 Å². The highest BCUT2D eigenvalue weighted by atomic mass is 14.2. The third kappa shape index (κ3) is 1.13. The van der Waals surface area contributed by atoms with Crippen LogP contribution in [0.25, 0.3) is 6.08 Å². The fourth-order valence-corrected chi connectivity index (χ4v) is 2.37. The van der Waals surface area contributed by atoms with E-state index in [-0.39, 0.29) is 0 Å². The lowest BCUT2D eigenvalue weighted by molar-refractivity contribution is 0.685. The van der Waals surface area contributed by atoms with Crippen LogP contribution in [-0.4, -0.2) is 0 Å². The van der Waals surface area contributed by atoms with E-state index in [0.29, 0.717) is 0 Å². The van der Waals surface area contributed by atoms with Crippen molar-refractivity contribution < 1.29 is 0 Å². The van der Waals surface area contributed by atoms with Crippen LogP contribution in [0.1, 0.15) is 35.1 Å². The highest BCUT2D eigenvalue weighted by Crippen LogP contribution is 2.29. The molecule has 0 heterocycles. The summed E-state index contributed by atoms with van der Waals surface area (Å²) in [6, 6.07) is 4.76. The number of rotatable bonds is 0. The van der Waals surface area contributed by atoms with E-state index in [1.165, 1.54) is 36.8 Å². The monoisotopic (exact) mass is 169 g/mol. The molecule has 0 heteroatoms. The van der Waals surface area contributed by atoms with Gasteiger partial charge in [0.15, 0.2) is 0 Å². The molecule has 0 N–H and O–H groups in total. The SMILES string of the molecule is [CH]1C=Cc2cc3c(cc21)CCCC3. The van der Waals surface area contributed by atoms with Crippen molar-refractivity contribution in [3.05, 3.63) is 46.9 Å². The maximum atomic E-state index is 2.38. The van der Waals surface area contributed by atoms with E-state index in [2.05, 4.69) is 30.7 Å². The van der Waals surface area contributed by atoms with Crippen LogP contribution in [0.3, 0.4) is 0 Å². The van der Waals surface area contributed by atoms with E-state index in [4.69, 9.17) is 0 Å². The van der Waals surface area contributed by atoms with Crippen LogP contribution in [0.5, 0.6) is 0 Å². The lowest BCUT2D eigenvalue weighted by atomic mass is 9.89. The fourth-order valence-electron chi connectivity index (χ4n) is 2.37. The molecule has 1 radical (unpaired) electrons. The van der Waals surface area contributed by atoms with E-state index in [0.717, 1.165) is 0 Å². The van der Waals surface area contributed by atoms with Crippen molar-refractivity contribution in [2.45, 2.75) is 25.7 Å². The van der Waals surface area contributed by atoms with Gasteiger partial charge in [-0.2, -0.15) is 0 Å². The standard InChI is InChI=1S/C13H13/c1-2-5-11-9-13-7-3-6-12(13)8-10(11)4-1/h3,6-9H,1-2,4-5H2. The van der Waals surface area contributed by atoms with Crippen LogP contribution in [0.2, 0.25) is 0 Å². The van der Waals surface area contributed by atoms with Crippen molar-refractivity contribution >= 4 is 6.08 Å². The van der Waals surface area contributed by atoms with E-state index in [9.17, 15) is 0 Å². The number of allylic oxidation sites excluding steroid dienone is 1. The van der Waals surface area contributed by atoms with Crippen molar-refractivity contribution in [1.82, 2.24) is 0 Å². The molecule has 2 aliphatic carbocycles. The van der Waals surface area contributed by atoms with Crippen molar-refractivity contribution in [1.29, 1.82) is 0 Å². The first-order valence-corrected chi connectivity index (χ1v) is 5.11. The largest absolute Gasteiger partial charge is 0.0755 e. The topological polar surface area (TPSA) is 0 Å². The Morgan fingerprint density at radius 2 is 1.54 bits per heavy atom. The summed E-state index contributed by atoms with van der Waals surface area (Å²) in [5.74, 6) is 0. The van der Waals surface area contributed by atoms with Gasteiger partial charge in [0, 0.05) is 6.42 Å². The Hall–Kier alpha value is -1.04. The van der Waals surface area contributed by atoms with Gasteiger partial charge < -0.3 is 0 Å². The molecule has 0 nitrogen and oxygen atoms in total. The van der Waals surface area contributed by atoms with Crippen molar-refractivity contribution in [2.24, 2.45) is 0 Å². The molecule has 13 heavy (non-hydrogen) atoms. The van der Waals surface area contributed by atoms with Gasteiger partial charge in [-0.3, -0.25) is 0 Å². The first-order valence-electron chi connectivity index (χ1n) is 5.11. The van der Waals surface area contributed by atoms with Gasteiger partial charge in [-0.25, -0.2) is 0 Å². The molecule has 0 aromatic heterocycles. The Kier molecular flexibility index (Phi) is 1.55. The first kappa shape index (κ1) is 7.37. The summed E-state index contributed by atoms with van der Waals surface area (Å²) in [7, 11) is 0. The summed E-state index contributed by atoms with van der Waals surface area (Å²) in [5, 5.41) is 0. The van der Waals surface area contributed by atoms with Gasteiger partial charge >= 0.3 is 0 Å². The summed E-state index contributed by atoms with van der Waals surface area (Å²) in [4.78, 5) is 0. The molecule has 0 fully saturated rings. The molecule has 0 saturated carbocycles. The highest BCUT2D eigenvalue weighted by molar-refractivity contribution is 5.66. The molecule has 0 aliphatic heterocycles. The van der Waals surface area contributed by atoms with Crippen molar-refractivity contribution in [3.8, 4) is 0 Å². The smallest absolute Gasteiger partial charge is 0.0131 e. The minimum atomic E-state index is 1.29. The van der Waals surface area contributed by atoms with E-state index in [1.807, 2.05) is 0 Å². The summed E-state index contributed by atoms with van der Waals surface area (Å²) >= 11 is 0. The summed E-state index contributed by atoms with van der Waals surface area (Å²) < 4.78 is 0. The maximum absolute atomic E-state index is 2.38. The van der Waals surface area contributed by atoms with Crippen molar-refractivity contribution in [2.75, 3.05) is 0 Å². The summed E-state index contributed by atoms with van der Waals surface area (Å²) in [6.07, 6.45) is 11.9. The lowest BCUT2D eigenvalue weighted by Crippen LogP contribution is -2.03. The predicted molar refractivity (Wildman–Crippen MR) is 55.5 cm³/mol. The van der Waals surface area contributed by atoms with Gasteiger partial charge in [0.2, 0.25) is 0 Å². The first-order chi connectivity index (χ1) is 6.43. The Bertz CT molecular complexity index is 372. The molecular formula is C13H13. The van der Waals surface area contributed by atoms with Gasteiger partial charge in [0.05, 0.1) is 0 Å². The zero-order valence-electron chi connectivity index (χ0n) is 7.72. The molecule has 3 rings (SSSR count). The normalized spacial score (nSPS) is 18.5. The average molecular weight is 169 g/mol. The predicted octanol–water partition coefficient (Wildman–Crippen LogP) is 3.14. The fraction of sp³-hybridized carbons (Fsp3) is 0.308. The molecule has 65 valence electrons. The Morgan fingerprint density at radius 1 is 0.846 bits per heavy atom. The maximum Gasteiger partial charge on any atom is 0.0131 e. The number of hydrogen-bond donors (Lipinski definition) is 0. The molecule has 0 spiro atoms. The number of hydrogen-bond acceptors (Lipinski definition) is 0. The second-order valence-electron chi connectivity index (χ2n) is 3.98. The minimum Gasteiger partial charge on any atom is -0.0755 e. The van der Waals surface area contributed by atoms with Crippen LogP contribution in [0, 0.1) is 6.42 Å². The zero-order chi connectivity index (χ0) is 8.67. The van der Waals surface area contributed by atoms with Crippen LogP contribution in [0.4, 0.5) is 0 Å². The molecule has 0 saturated heterocycles. The summed E-state index contributed by atoms with van der Waals surface area (Å²) in [5.41, 5.74) is 6.01. The van der Waals surface area contributed by atoms with Gasteiger partial charge in [-0.05, 0) is 47.9 Å². The summed E-state index contributed by atoms with van der Waals surface area (Å²) in [6.45, 7) is 0. The molecule has 2 aliphatic rings. The Balaban J connectivity index is 2.15. The van der Waals surface area contributed by atoms with Crippen LogP contribution < -0.4 is 0 Å². The minimum absolute atomic E-state index is 1.29. The molecule has 0 atom stereocenters. The van der Waals surface area contributed by atoms with E-state index >= 15 is 0 Å². The van der Waals surface area contributed by atoms with Gasteiger partial charge in [-0.1, -0.05) is 24.3 Å². The number of aryl methyl sites for hydroxylation is 2. The lowest BCUT2D eigenvalue weighted by Gasteiger charge is -2.17. The Morgan fingerprint density at radius 3 is 2.31 bits per heavy atom. The number of benzene rings is 1. The molecule has 0 amide bonds. The van der Waals surface area contributed by atoms with Gasteiger partial charge in [0.1, 0.15) is 0 Å². The molecule has 0 bridgehead atoms. The quantitative estimate of drug-likeness (QED) is 0.559. The average Bonchev–Trinajstić information content (AvgIpc) is 2.61.